The molecule has 0 saturated carbocycles. The van der Waals surface area contributed by atoms with Gasteiger partial charge in [0, 0.05) is 5.56 Å². The first-order valence-corrected chi connectivity index (χ1v) is 11.8. The lowest BCUT2D eigenvalue weighted by molar-refractivity contribution is -0.122. The molecule has 0 aromatic heterocycles. The van der Waals surface area contributed by atoms with Crippen molar-refractivity contribution < 1.29 is 19.4 Å². The Morgan fingerprint density at radius 2 is 1.80 bits per heavy atom. The maximum absolute atomic E-state index is 13.5. The fourth-order valence-electron chi connectivity index (χ4n) is 3.65. The van der Waals surface area contributed by atoms with Crippen LogP contribution in [-0.4, -0.2) is 35.3 Å². The number of rotatable bonds is 8. The summed E-state index contributed by atoms with van der Waals surface area (Å²) in [4.78, 5) is 20.5. The van der Waals surface area contributed by atoms with Crippen molar-refractivity contribution in [2.75, 3.05) is 14.2 Å². The molecule has 4 rings (SSSR count). The number of ether oxygens (including phenoxy) is 2. The first-order valence-electron chi connectivity index (χ1n) is 11.0. The number of benzene rings is 3. The fraction of sp³-hybridized carbons (Fsp3) is 0.143. The molecule has 0 atom stereocenters. The molecule has 0 aliphatic carbocycles. The number of allylic oxidation sites excluding steroid dienone is 1. The van der Waals surface area contributed by atoms with E-state index in [9.17, 15) is 9.90 Å². The van der Waals surface area contributed by atoms with E-state index in [0.717, 1.165) is 22.6 Å². The number of phenols is 1. The van der Waals surface area contributed by atoms with E-state index in [1.807, 2.05) is 60.7 Å². The van der Waals surface area contributed by atoms with Crippen molar-refractivity contribution in [1.82, 2.24) is 4.90 Å². The summed E-state index contributed by atoms with van der Waals surface area (Å²) >= 11 is 1.32. The predicted octanol–water partition coefficient (Wildman–Crippen LogP) is 5.94. The summed E-state index contributed by atoms with van der Waals surface area (Å²) in [7, 11) is 3.12. The topological polar surface area (TPSA) is 71.4 Å². The van der Waals surface area contributed by atoms with Crippen LogP contribution in [0.2, 0.25) is 0 Å². The van der Waals surface area contributed by atoms with Crippen molar-refractivity contribution >= 4 is 34.6 Å². The molecular weight excluding hydrogens is 460 g/mol. The zero-order valence-corrected chi connectivity index (χ0v) is 20.4. The Bertz CT molecular complexity index is 1280. The molecule has 1 fully saturated rings. The Hall–Kier alpha value is -3.97. The number of para-hydroxylation sites is 1. The van der Waals surface area contributed by atoms with Crippen molar-refractivity contribution in [3.05, 3.63) is 101 Å². The van der Waals surface area contributed by atoms with Gasteiger partial charge in [-0.1, -0.05) is 36.4 Å². The highest BCUT2D eigenvalue weighted by atomic mass is 32.2. The largest absolute Gasteiger partial charge is 0.504 e. The van der Waals surface area contributed by atoms with Crippen LogP contribution in [0.3, 0.4) is 0 Å². The van der Waals surface area contributed by atoms with Crippen LogP contribution in [0.4, 0.5) is 5.69 Å². The van der Waals surface area contributed by atoms with Gasteiger partial charge in [-0.2, -0.15) is 0 Å². The van der Waals surface area contributed by atoms with E-state index in [-0.39, 0.29) is 11.7 Å². The van der Waals surface area contributed by atoms with Crippen LogP contribution in [0.5, 0.6) is 17.2 Å². The molecule has 3 aromatic carbocycles. The van der Waals surface area contributed by atoms with Crippen LogP contribution in [0.15, 0.2) is 89.3 Å². The molecule has 0 unspecified atom stereocenters. The Morgan fingerprint density at radius 1 is 1.06 bits per heavy atom. The molecule has 1 N–H and O–H groups in total. The van der Waals surface area contributed by atoms with Gasteiger partial charge in [0.2, 0.25) is 0 Å². The van der Waals surface area contributed by atoms with E-state index in [4.69, 9.17) is 14.5 Å². The smallest absolute Gasteiger partial charge is 0.267 e. The molecule has 178 valence electrons. The molecule has 1 heterocycles. The number of phenolic OH excluding ortho intramolecular Hbond substituents is 1. The average Bonchev–Trinajstić information content (AvgIpc) is 3.15. The third kappa shape index (κ3) is 5.58. The number of carbonyl (C=O) groups excluding carboxylic acids is 1. The van der Waals surface area contributed by atoms with Gasteiger partial charge in [0.05, 0.1) is 31.4 Å². The number of amides is 1. The number of aliphatic imine (C=N–C) groups is 1. The van der Waals surface area contributed by atoms with Crippen molar-refractivity contribution in [2.24, 2.45) is 4.99 Å². The normalized spacial score (nSPS) is 15.6. The van der Waals surface area contributed by atoms with Crippen LogP contribution >= 0.6 is 11.8 Å². The highest BCUT2D eigenvalue weighted by Crippen LogP contribution is 2.38. The number of thioether (sulfide) groups is 1. The van der Waals surface area contributed by atoms with E-state index < -0.39 is 0 Å². The second kappa shape index (κ2) is 11.0. The van der Waals surface area contributed by atoms with Gasteiger partial charge in [-0.25, -0.2) is 4.99 Å². The van der Waals surface area contributed by atoms with Crippen molar-refractivity contribution in [1.29, 1.82) is 0 Å². The fourth-order valence-corrected chi connectivity index (χ4v) is 4.65. The third-order valence-electron chi connectivity index (χ3n) is 5.43. The second-order valence-corrected chi connectivity index (χ2v) is 8.81. The zero-order valence-electron chi connectivity index (χ0n) is 19.6. The molecule has 0 spiro atoms. The van der Waals surface area contributed by atoms with Crippen LogP contribution in [0.25, 0.3) is 6.08 Å². The Labute approximate surface area is 209 Å². The molecule has 1 saturated heterocycles. The number of amidine groups is 1. The molecule has 3 aromatic rings. The lowest BCUT2D eigenvalue weighted by Crippen LogP contribution is -2.28. The van der Waals surface area contributed by atoms with E-state index in [1.54, 1.807) is 30.2 Å². The van der Waals surface area contributed by atoms with E-state index in [1.165, 1.54) is 18.9 Å². The summed E-state index contributed by atoms with van der Waals surface area (Å²) in [5.74, 6) is 1.04. The van der Waals surface area contributed by atoms with Crippen molar-refractivity contribution in [3.63, 3.8) is 0 Å². The van der Waals surface area contributed by atoms with Crippen molar-refractivity contribution in [3.8, 4) is 17.2 Å². The van der Waals surface area contributed by atoms with Crippen LogP contribution < -0.4 is 9.47 Å². The molecule has 35 heavy (non-hydrogen) atoms. The summed E-state index contributed by atoms with van der Waals surface area (Å²) in [6.07, 6.45) is 3.99. The summed E-state index contributed by atoms with van der Waals surface area (Å²) < 4.78 is 10.6. The Balaban J connectivity index is 1.71. The quantitative estimate of drug-likeness (QED) is 0.315. The van der Waals surface area contributed by atoms with Gasteiger partial charge in [0.15, 0.2) is 16.7 Å². The van der Waals surface area contributed by atoms with Crippen LogP contribution in [0, 0.1) is 0 Å². The Kier molecular flexibility index (Phi) is 7.57. The highest BCUT2D eigenvalue weighted by Gasteiger charge is 2.33. The number of nitrogens with zero attached hydrogens (tertiary/aromatic N) is 2. The number of aromatic hydroxyl groups is 1. The zero-order chi connectivity index (χ0) is 24.8. The van der Waals surface area contributed by atoms with Gasteiger partial charge in [0.1, 0.15) is 5.75 Å². The molecule has 0 radical (unpaired) electrons. The van der Waals surface area contributed by atoms with Gasteiger partial charge in [-0.3, -0.25) is 9.69 Å². The monoisotopic (exact) mass is 486 g/mol. The second-order valence-electron chi connectivity index (χ2n) is 7.80. The minimum atomic E-state index is -0.141. The molecule has 1 amide bonds. The van der Waals surface area contributed by atoms with Gasteiger partial charge in [0.25, 0.3) is 5.91 Å². The molecule has 1 aliphatic heterocycles. The summed E-state index contributed by atoms with van der Waals surface area (Å²) in [5.41, 5.74) is 3.15. The van der Waals surface area contributed by atoms with Crippen molar-refractivity contribution in [2.45, 2.75) is 13.0 Å². The van der Waals surface area contributed by atoms with E-state index in [2.05, 4.69) is 6.58 Å². The summed E-state index contributed by atoms with van der Waals surface area (Å²) in [5, 5.41) is 11.0. The molecule has 0 bridgehead atoms. The first kappa shape index (κ1) is 24.2. The minimum Gasteiger partial charge on any atom is -0.504 e. The summed E-state index contributed by atoms with van der Waals surface area (Å²) in [6, 6.07) is 20.7. The lowest BCUT2D eigenvalue weighted by Gasteiger charge is -2.16. The van der Waals surface area contributed by atoms with Crippen LogP contribution in [-0.2, 0) is 17.8 Å². The van der Waals surface area contributed by atoms with Crippen LogP contribution in [0.1, 0.15) is 16.7 Å². The van der Waals surface area contributed by atoms with Gasteiger partial charge >= 0.3 is 0 Å². The molecule has 7 heteroatoms. The van der Waals surface area contributed by atoms with Gasteiger partial charge in [-0.15, -0.1) is 6.58 Å². The predicted molar refractivity (Wildman–Crippen MR) is 141 cm³/mol. The third-order valence-corrected chi connectivity index (χ3v) is 6.43. The van der Waals surface area contributed by atoms with Gasteiger partial charge in [-0.05, 0) is 71.8 Å². The first-order chi connectivity index (χ1) is 17.0. The molecular formula is C28H26N2O4S. The number of methoxy groups -OCH3 is 2. The average molecular weight is 487 g/mol. The number of hydrogen-bond donors (Lipinski definition) is 1. The van der Waals surface area contributed by atoms with Gasteiger partial charge < -0.3 is 14.6 Å². The highest BCUT2D eigenvalue weighted by molar-refractivity contribution is 8.18. The minimum absolute atomic E-state index is 0.0763. The van der Waals surface area contributed by atoms with E-state index >= 15 is 0 Å². The lowest BCUT2D eigenvalue weighted by atomic mass is 10.1. The molecule has 6 nitrogen and oxygen atoms in total. The molecule has 1 aliphatic rings. The standard InChI is InChI=1S/C28H26N2O4S/c1-4-8-21-15-20(16-24(34-3)26(21)31)17-25-27(32)30(18-19-11-13-23(33-2)14-12-19)28(35-25)29-22-9-6-5-7-10-22/h4-7,9-17,31H,1,8,18H2,2-3H3/b25-17-,29-28?. The maximum atomic E-state index is 13.5. The SMILES string of the molecule is C=CCc1cc(/C=C2\SC(=Nc3ccccc3)N(Cc3ccc(OC)cc3)C2=O)cc(OC)c1O. The Morgan fingerprint density at radius 3 is 2.46 bits per heavy atom. The number of hydrogen-bond acceptors (Lipinski definition) is 6. The number of carbonyl (C=O) groups is 1. The summed E-state index contributed by atoms with van der Waals surface area (Å²) in [6.45, 7) is 4.13. The maximum Gasteiger partial charge on any atom is 0.267 e. The van der Waals surface area contributed by atoms with E-state index in [0.29, 0.717) is 34.4 Å².